The number of benzene rings is 1. The van der Waals surface area contributed by atoms with E-state index in [4.69, 9.17) is 16.3 Å². The van der Waals surface area contributed by atoms with Crippen LogP contribution in [-0.2, 0) is 20.7 Å². The lowest BCUT2D eigenvalue weighted by Crippen LogP contribution is -2.44. The fourth-order valence-electron chi connectivity index (χ4n) is 2.65. The van der Waals surface area contributed by atoms with Gasteiger partial charge in [-0.15, -0.1) is 0 Å². The fourth-order valence-corrected chi connectivity index (χ4v) is 2.78. The highest BCUT2D eigenvalue weighted by Crippen LogP contribution is 2.13. The number of morpholine rings is 1. The van der Waals surface area contributed by atoms with E-state index in [1.807, 2.05) is 31.2 Å². The molecule has 0 radical (unpaired) electrons. The molecule has 1 aliphatic heterocycles. The molecule has 1 saturated heterocycles. The molecule has 1 heterocycles. The molecule has 1 unspecified atom stereocenters. The normalized spacial score (nSPS) is 16.2. The second-order valence-corrected chi connectivity index (χ2v) is 6.69. The Labute approximate surface area is 153 Å². The topological polar surface area (TPSA) is 70.7 Å². The lowest BCUT2D eigenvalue weighted by molar-refractivity contribution is -0.128. The summed E-state index contributed by atoms with van der Waals surface area (Å²) >= 11 is 5.85. The maximum absolute atomic E-state index is 12.1. The molecule has 2 amide bonds. The van der Waals surface area contributed by atoms with Crippen molar-refractivity contribution in [3.8, 4) is 0 Å². The molecule has 1 atom stereocenters. The minimum absolute atomic E-state index is 0.00685. The van der Waals surface area contributed by atoms with Gasteiger partial charge in [0.1, 0.15) is 0 Å². The van der Waals surface area contributed by atoms with Gasteiger partial charge in [-0.1, -0.05) is 30.7 Å². The van der Waals surface area contributed by atoms with Crippen molar-refractivity contribution < 1.29 is 14.3 Å². The Morgan fingerprint density at radius 3 is 2.56 bits per heavy atom. The zero-order chi connectivity index (χ0) is 18.1. The Morgan fingerprint density at radius 2 is 1.88 bits per heavy atom. The summed E-state index contributed by atoms with van der Waals surface area (Å²) in [4.78, 5) is 26.2. The first-order chi connectivity index (χ1) is 12.0. The smallest absolute Gasteiger partial charge is 0.239 e. The standard InChI is InChI=1S/C18H26ClN3O3/c1-14(12-15-2-4-16(19)5-3-15)18(24)21-13-17(23)20-6-7-22-8-10-25-11-9-22/h2-5,14H,6-13H2,1H3,(H,20,23)(H,21,24). The van der Waals surface area contributed by atoms with Gasteiger partial charge in [0.2, 0.25) is 11.8 Å². The van der Waals surface area contributed by atoms with Crippen molar-refractivity contribution >= 4 is 23.4 Å². The van der Waals surface area contributed by atoms with Gasteiger partial charge in [-0.2, -0.15) is 0 Å². The number of hydrogen-bond acceptors (Lipinski definition) is 4. The van der Waals surface area contributed by atoms with Crippen LogP contribution in [0, 0.1) is 5.92 Å². The van der Waals surface area contributed by atoms with Crippen LogP contribution in [0.25, 0.3) is 0 Å². The molecule has 2 rings (SSSR count). The molecule has 7 heteroatoms. The third-order valence-electron chi connectivity index (χ3n) is 4.18. The summed E-state index contributed by atoms with van der Waals surface area (Å²) in [5.41, 5.74) is 1.04. The first-order valence-corrected chi connectivity index (χ1v) is 9.01. The average molecular weight is 368 g/mol. The molecule has 1 aromatic rings. The first-order valence-electron chi connectivity index (χ1n) is 8.63. The van der Waals surface area contributed by atoms with Gasteiger partial charge in [0, 0.05) is 37.1 Å². The van der Waals surface area contributed by atoms with Crippen LogP contribution in [0.4, 0.5) is 0 Å². The van der Waals surface area contributed by atoms with E-state index in [9.17, 15) is 9.59 Å². The number of halogens is 1. The monoisotopic (exact) mass is 367 g/mol. The Hall–Kier alpha value is -1.63. The Kier molecular flexibility index (Phi) is 8.18. The number of rotatable bonds is 8. The van der Waals surface area contributed by atoms with Crippen LogP contribution in [0.1, 0.15) is 12.5 Å². The Balaban J connectivity index is 1.61. The summed E-state index contributed by atoms with van der Waals surface area (Å²) in [7, 11) is 0. The van der Waals surface area contributed by atoms with E-state index in [0.717, 1.165) is 38.4 Å². The molecule has 1 aromatic carbocycles. The van der Waals surface area contributed by atoms with E-state index in [1.165, 1.54) is 0 Å². The van der Waals surface area contributed by atoms with Crippen molar-refractivity contribution in [1.82, 2.24) is 15.5 Å². The molecule has 138 valence electrons. The maximum atomic E-state index is 12.1. The number of carbonyl (C=O) groups is 2. The molecular weight excluding hydrogens is 342 g/mol. The van der Waals surface area contributed by atoms with Crippen LogP contribution in [0.2, 0.25) is 5.02 Å². The van der Waals surface area contributed by atoms with Crippen molar-refractivity contribution in [2.24, 2.45) is 5.92 Å². The lowest BCUT2D eigenvalue weighted by Gasteiger charge is -2.26. The van der Waals surface area contributed by atoms with Crippen LogP contribution in [0.15, 0.2) is 24.3 Å². The van der Waals surface area contributed by atoms with E-state index in [1.54, 1.807) is 0 Å². The van der Waals surface area contributed by atoms with Crippen molar-refractivity contribution in [3.63, 3.8) is 0 Å². The summed E-state index contributed by atoms with van der Waals surface area (Å²) < 4.78 is 5.28. The van der Waals surface area contributed by atoms with Crippen LogP contribution in [0.5, 0.6) is 0 Å². The minimum atomic E-state index is -0.206. The zero-order valence-corrected chi connectivity index (χ0v) is 15.3. The van der Waals surface area contributed by atoms with E-state index in [-0.39, 0.29) is 24.3 Å². The molecule has 0 spiro atoms. The zero-order valence-electron chi connectivity index (χ0n) is 14.6. The molecule has 1 aliphatic rings. The van der Waals surface area contributed by atoms with E-state index < -0.39 is 0 Å². The van der Waals surface area contributed by atoms with Gasteiger partial charge in [-0.05, 0) is 24.1 Å². The van der Waals surface area contributed by atoms with Crippen molar-refractivity contribution in [2.75, 3.05) is 45.9 Å². The maximum Gasteiger partial charge on any atom is 0.239 e. The number of carbonyl (C=O) groups excluding carboxylic acids is 2. The summed E-state index contributed by atoms with van der Waals surface area (Å²) in [6.07, 6.45) is 0.613. The van der Waals surface area contributed by atoms with Gasteiger partial charge in [-0.3, -0.25) is 14.5 Å². The first kappa shape index (κ1) is 19.7. The van der Waals surface area contributed by atoms with Gasteiger partial charge >= 0.3 is 0 Å². The van der Waals surface area contributed by atoms with Crippen LogP contribution in [0.3, 0.4) is 0 Å². The molecule has 6 nitrogen and oxygen atoms in total. The number of ether oxygens (including phenoxy) is 1. The second kappa shape index (κ2) is 10.4. The van der Waals surface area contributed by atoms with Crippen molar-refractivity contribution in [2.45, 2.75) is 13.3 Å². The molecule has 0 aliphatic carbocycles. The summed E-state index contributed by atoms with van der Waals surface area (Å²) in [6.45, 7) is 6.52. The summed E-state index contributed by atoms with van der Waals surface area (Å²) in [5.74, 6) is -0.499. The third kappa shape index (κ3) is 7.42. The third-order valence-corrected chi connectivity index (χ3v) is 4.43. The average Bonchev–Trinajstić information content (AvgIpc) is 2.62. The van der Waals surface area contributed by atoms with Gasteiger partial charge < -0.3 is 15.4 Å². The molecule has 0 bridgehead atoms. The second-order valence-electron chi connectivity index (χ2n) is 6.25. The van der Waals surface area contributed by atoms with Gasteiger partial charge in [0.15, 0.2) is 0 Å². The molecule has 0 aromatic heterocycles. The predicted molar refractivity (Wildman–Crippen MR) is 97.6 cm³/mol. The highest BCUT2D eigenvalue weighted by atomic mass is 35.5. The number of nitrogens with one attached hydrogen (secondary N) is 2. The highest BCUT2D eigenvalue weighted by Gasteiger charge is 2.15. The van der Waals surface area contributed by atoms with Crippen molar-refractivity contribution in [1.29, 1.82) is 0 Å². The van der Waals surface area contributed by atoms with Crippen LogP contribution < -0.4 is 10.6 Å². The van der Waals surface area contributed by atoms with E-state index in [2.05, 4.69) is 15.5 Å². The Morgan fingerprint density at radius 1 is 1.20 bits per heavy atom. The molecule has 25 heavy (non-hydrogen) atoms. The quantitative estimate of drug-likeness (QED) is 0.721. The fraction of sp³-hybridized carbons (Fsp3) is 0.556. The van der Waals surface area contributed by atoms with Crippen LogP contribution in [-0.4, -0.2) is 62.7 Å². The van der Waals surface area contributed by atoms with Gasteiger partial charge in [-0.25, -0.2) is 0 Å². The van der Waals surface area contributed by atoms with Gasteiger partial charge in [0.05, 0.1) is 19.8 Å². The van der Waals surface area contributed by atoms with Gasteiger partial charge in [0.25, 0.3) is 0 Å². The highest BCUT2D eigenvalue weighted by molar-refractivity contribution is 6.30. The Bertz CT molecular complexity index is 559. The SMILES string of the molecule is CC(Cc1ccc(Cl)cc1)C(=O)NCC(=O)NCCN1CCOCC1. The number of amides is 2. The summed E-state index contributed by atoms with van der Waals surface area (Å²) in [5, 5.41) is 6.20. The van der Waals surface area contributed by atoms with E-state index >= 15 is 0 Å². The molecule has 0 saturated carbocycles. The van der Waals surface area contributed by atoms with Crippen LogP contribution >= 0.6 is 11.6 Å². The summed E-state index contributed by atoms with van der Waals surface area (Å²) in [6, 6.07) is 7.43. The predicted octanol–water partition coefficient (Wildman–Crippen LogP) is 1.08. The number of nitrogens with zero attached hydrogens (tertiary/aromatic N) is 1. The minimum Gasteiger partial charge on any atom is -0.379 e. The largest absolute Gasteiger partial charge is 0.379 e. The molecule has 2 N–H and O–H groups in total. The number of hydrogen-bond donors (Lipinski definition) is 2. The lowest BCUT2D eigenvalue weighted by atomic mass is 10.0. The van der Waals surface area contributed by atoms with E-state index in [0.29, 0.717) is 18.0 Å². The van der Waals surface area contributed by atoms with Crippen molar-refractivity contribution in [3.05, 3.63) is 34.9 Å². The molecular formula is C18H26ClN3O3. The molecule has 1 fully saturated rings.